The van der Waals surface area contributed by atoms with Crippen LogP contribution < -0.4 is 4.74 Å². The maximum atomic E-state index is 14.0. The molecule has 1 amide bonds. The smallest absolute Gasteiger partial charge is 0.223 e. The van der Waals surface area contributed by atoms with Gasteiger partial charge in [0, 0.05) is 35.6 Å². The molecule has 2 heterocycles. The van der Waals surface area contributed by atoms with Crippen molar-refractivity contribution >= 4 is 16.8 Å². The number of aromatic nitrogens is 1. The van der Waals surface area contributed by atoms with Crippen molar-refractivity contribution in [2.75, 3.05) is 13.7 Å². The molecular formula is C24H27FN2O2. The summed E-state index contributed by atoms with van der Waals surface area (Å²) in [7, 11) is 1.64. The lowest BCUT2D eigenvalue weighted by molar-refractivity contribution is -0.134. The first-order valence-corrected chi connectivity index (χ1v) is 10.3. The van der Waals surface area contributed by atoms with Gasteiger partial charge in [0.05, 0.1) is 7.11 Å². The van der Waals surface area contributed by atoms with E-state index in [0.717, 1.165) is 52.9 Å². The van der Waals surface area contributed by atoms with Gasteiger partial charge in [-0.2, -0.15) is 0 Å². The second-order valence-electron chi connectivity index (χ2n) is 7.83. The van der Waals surface area contributed by atoms with Crippen LogP contribution in [0.4, 0.5) is 4.39 Å². The van der Waals surface area contributed by atoms with Gasteiger partial charge in [0.15, 0.2) is 0 Å². The molecule has 0 spiro atoms. The largest absolute Gasteiger partial charge is 0.497 e. The van der Waals surface area contributed by atoms with Gasteiger partial charge in [-0.3, -0.25) is 4.79 Å². The SMILES string of the molecule is COc1ccc(-c2[nH]c3ccc(F)cc3c2CCC(=O)N2CCCCC2C)cc1. The molecule has 0 saturated carbocycles. The molecule has 1 aromatic heterocycles. The fourth-order valence-corrected chi connectivity index (χ4v) is 4.33. The second-order valence-corrected chi connectivity index (χ2v) is 7.83. The molecule has 4 rings (SSSR count). The van der Waals surface area contributed by atoms with Gasteiger partial charge in [0.1, 0.15) is 11.6 Å². The van der Waals surface area contributed by atoms with Crippen LogP contribution in [0, 0.1) is 5.82 Å². The molecule has 152 valence electrons. The monoisotopic (exact) mass is 394 g/mol. The zero-order valence-electron chi connectivity index (χ0n) is 17.0. The summed E-state index contributed by atoms with van der Waals surface area (Å²) in [6, 6.07) is 12.9. The molecule has 1 aliphatic rings. The van der Waals surface area contributed by atoms with Crippen molar-refractivity contribution in [3.8, 4) is 17.0 Å². The van der Waals surface area contributed by atoms with Crippen molar-refractivity contribution < 1.29 is 13.9 Å². The van der Waals surface area contributed by atoms with E-state index in [9.17, 15) is 9.18 Å². The number of carbonyl (C=O) groups is 1. The van der Waals surface area contributed by atoms with Crippen molar-refractivity contribution in [2.45, 2.75) is 45.1 Å². The molecule has 1 fully saturated rings. The number of aryl methyl sites for hydroxylation is 1. The summed E-state index contributed by atoms with van der Waals surface area (Å²) in [5.74, 6) is 0.699. The Balaban J connectivity index is 1.65. The van der Waals surface area contributed by atoms with Crippen molar-refractivity contribution in [3.63, 3.8) is 0 Å². The second kappa shape index (κ2) is 8.27. The minimum atomic E-state index is -0.269. The molecule has 29 heavy (non-hydrogen) atoms. The highest BCUT2D eigenvalue weighted by Crippen LogP contribution is 2.33. The van der Waals surface area contributed by atoms with E-state index in [1.54, 1.807) is 19.2 Å². The normalized spacial score (nSPS) is 16.9. The number of hydrogen-bond acceptors (Lipinski definition) is 2. The van der Waals surface area contributed by atoms with Crippen molar-refractivity contribution in [2.24, 2.45) is 0 Å². The number of H-pyrrole nitrogens is 1. The van der Waals surface area contributed by atoms with Crippen LogP contribution in [0.5, 0.6) is 5.75 Å². The first-order chi connectivity index (χ1) is 14.1. The lowest BCUT2D eigenvalue weighted by atomic mass is 9.99. The number of likely N-dealkylation sites (tertiary alicyclic amines) is 1. The highest BCUT2D eigenvalue weighted by Gasteiger charge is 2.24. The topological polar surface area (TPSA) is 45.3 Å². The number of halogens is 1. The lowest BCUT2D eigenvalue weighted by Gasteiger charge is -2.33. The molecule has 0 aliphatic carbocycles. The van der Waals surface area contributed by atoms with Crippen LogP contribution in [0.1, 0.15) is 38.2 Å². The van der Waals surface area contributed by atoms with Crippen LogP contribution in [0.2, 0.25) is 0 Å². The molecule has 1 N–H and O–H groups in total. The van der Waals surface area contributed by atoms with E-state index in [-0.39, 0.29) is 11.7 Å². The number of hydrogen-bond donors (Lipinski definition) is 1. The zero-order valence-corrected chi connectivity index (χ0v) is 17.0. The minimum Gasteiger partial charge on any atom is -0.497 e. The Morgan fingerprint density at radius 3 is 2.72 bits per heavy atom. The minimum absolute atomic E-state index is 0.184. The number of methoxy groups -OCH3 is 1. The molecule has 1 unspecified atom stereocenters. The summed E-state index contributed by atoms with van der Waals surface area (Å²) < 4.78 is 19.2. The van der Waals surface area contributed by atoms with Crippen LogP contribution in [0.25, 0.3) is 22.2 Å². The summed E-state index contributed by atoms with van der Waals surface area (Å²) in [4.78, 5) is 18.3. The summed E-state index contributed by atoms with van der Waals surface area (Å²) >= 11 is 0. The van der Waals surface area contributed by atoms with Gasteiger partial charge in [0.2, 0.25) is 5.91 Å². The number of rotatable bonds is 5. The van der Waals surface area contributed by atoms with Crippen molar-refractivity contribution in [3.05, 3.63) is 53.8 Å². The van der Waals surface area contributed by atoms with Gasteiger partial charge < -0.3 is 14.6 Å². The summed E-state index contributed by atoms with van der Waals surface area (Å²) in [5, 5.41) is 0.843. The maximum Gasteiger partial charge on any atom is 0.223 e. The third kappa shape index (κ3) is 4.00. The number of amides is 1. The number of piperidine rings is 1. The standard InChI is InChI=1S/C24H27FN2O2/c1-16-5-3-4-14-27(16)23(28)13-11-20-21-15-18(25)8-12-22(21)26-24(20)17-6-9-19(29-2)10-7-17/h6-10,12,15-16,26H,3-5,11,13-14H2,1-2H3. The van der Waals surface area contributed by atoms with Crippen LogP contribution in [0.15, 0.2) is 42.5 Å². The Hall–Kier alpha value is -2.82. The van der Waals surface area contributed by atoms with Crippen LogP contribution in [-0.2, 0) is 11.2 Å². The average molecular weight is 394 g/mol. The maximum absolute atomic E-state index is 14.0. The molecule has 1 atom stereocenters. The number of nitrogens with zero attached hydrogens (tertiary/aromatic N) is 1. The van der Waals surface area contributed by atoms with Gasteiger partial charge in [-0.1, -0.05) is 0 Å². The molecular weight excluding hydrogens is 367 g/mol. The Kier molecular flexibility index (Phi) is 5.56. The summed E-state index contributed by atoms with van der Waals surface area (Å²) in [5.41, 5.74) is 3.80. The van der Waals surface area contributed by atoms with Gasteiger partial charge in [-0.25, -0.2) is 4.39 Å². The highest BCUT2D eigenvalue weighted by molar-refractivity contribution is 5.91. The number of nitrogens with one attached hydrogen (secondary N) is 1. The predicted molar refractivity (Wildman–Crippen MR) is 114 cm³/mol. The molecule has 4 nitrogen and oxygen atoms in total. The van der Waals surface area contributed by atoms with E-state index in [2.05, 4.69) is 11.9 Å². The van der Waals surface area contributed by atoms with Crippen LogP contribution in [0.3, 0.4) is 0 Å². The highest BCUT2D eigenvalue weighted by atomic mass is 19.1. The molecule has 0 radical (unpaired) electrons. The van der Waals surface area contributed by atoms with Gasteiger partial charge in [0.25, 0.3) is 0 Å². The fourth-order valence-electron chi connectivity index (χ4n) is 4.33. The third-order valence-corrected chi connectivity index (χ3v) is 5.96. The number of fused-ring (bicyclic) bond motifs is 1. The molecule has 3 aromatic rings. The fraction of sp³-hybridized carbons (Fsp3) is 0.375. The molecule has 1 aliphatic heterocycles. The first kappa shape index (κ1) is 19.5. The molecule has 5 heteroatoms. The van der Waals surface area contributed by atoms with Gasteiger partial charge in [-0.05, 0) is 86.2 Å². The lowest BCUT2D eigenvalue weighted by Crippen LogP contribution is -2.42. The van der Waals surface area contributed by atoms with Gasteiger partial charge in [-0.15, -0.1) is 0 Å². The summed E-state index contributed by atoms with van der Waals surface area (Å²) in [6.07, 6.45) is 4.34. The summed E-state index contributed by atoms with van der Waals surface area (Å²) in [6.45, 7) is 2.97. The average Bonchev–Trinajstić information content (AvgIpc) is 3.10. The Labute approximate surface area is 170 Å². The van der Waals surface area contributed by atoms with E-state index >= 15 is 0 Å². The third-order valence-electron chi connectivity index (χ3n) is 5.96. The number of benzene rings is 2. The Bertz CT molecular complexity index is 1010. The number of carbonyl (C=O) groups excluding carboxylic acids is 1. The Morgan fingerprint density at radius 2 is 2.00 bits per heavy atom. The van der Waals surface area contributed by atoms with Crippen molar-refractivity contribution in [1.29, 1.82) is 0 Å². The van der Waals surface area contributed by atoms with Gasteiger partial charge >= 0.3 is 0 Å². The predicted octanol–water partition coefficient (Wildman–Crippen LogP) is 5.32. The van der Waals surface area contributed by atoms with Crippen molar-refractivity contribution in [1.82, 2.24) is 9.88 Å². The molecule has 0 bridgehead atoms. The quantitative estimate of drug-likeness (QED) is 0.637. The van der Waals surface area contributed by atoms with E-state index in [0.29, 0.717) is 18.9 Å². The van der Waals surface area contributed by atoms with E-state index in [1.807, 2.05) is 29.2 Å². The first-order valence-electron chi connectivity index (χ1n) is 10.3. The molecule has 1 saturated heterocycles. The Morgan fingerprint density at radius 1 is 1.21 bits per heavy atom. The van der Waals surface area contributed by atoms with E-state index in [4.69, 9.17) is 4.74 Å². The van der Waals surface area contributed by atoms with Crippen LogP contribution in [-0.4, -0.2) is 35.5 Å². The van der Waals surface area contributed by atoms with E-state index in [1.165, 1.54) is 12.5 Å². The van der Waals surface area contributed by atoms with E-state index < -0.39 is 0 Å². The zero-order chi connectivity index (χ0) is 20.4. The number of ether oxygens (including phenoxy) is 1. The molecule has 2 aromatic carbocycles. The van der Waals surface area contributed by atoms with Crippen LogP contribution >= 0.6 is 0 Å². The number of aromatic amines is 1.